The quantitative estimate of drug-likeness (QED) is 0.665. The normalized spacial score (nSPS) is 17.6. The summed E-state index contributed by atoms with van der Waals surface area (Å²) in [5.41, 5.74) is -0.635. The third kappa shape index (κ3) is 6.39. The molecule has 0 saturated carbocycles. The molecule has 0 bridgehead atoms. The number of rotatable bonds is 8. The van der Waals surface area contributed by atoms with Crippen LogP contribution in [0, 0.1) is 5.92 Å². The number of ether oxygens (including phenoxy) is 2. The molecule has 6 heteroatoms. The standard InChI is InChI=1S/C14H28N2O3.ClH/c1-12(2)11-19-10-4-7-16-13(17)14(18-3)5-8-15-9-6-14;/h12,15H,4-11H2,1-3H3,(H,16,17);1H. The van der Waals surface area contributed by atoms with Gasteiger partial charge in [-0.2, -0.15) is 0 Å². The molecule has 1 heterocycles. The van der Waals surface area contributed by atoms with Gasteiger partial charge in [0.15, 0.2) is 0 Å². The lowest BCUT2D eigenvalue weighted by atomic mass is 9.91. The fourth-order valence-electron chi connectivity index (χ4n) is 2.21. The van der Waals surface area contributed by atoms with E-state index in [9.17, 15) is 4.79 Å². The third-order valence-corrected chi connectivity index (χ3v) is 3.42. The highest BCUT2D eigenvalue weighted by molar-refractivity contribution is 5.85. The summed E-state index contributed by atoms with van der Waals surface area (Å²) in [7, 11) is 1.62. The van der Waals surface area contributed by atoms with Crippen LogP contribution in [-0.2, 0) is 14.3 Å². The van der Waals surface area contributed by atoms with E-state index in [0.717, 1.165) is 39.0 Å². The number of halogens is 1. The van der Waals surface area contributed by atoms with Crippen molar-refractivity contribution in [2.24, 2.45) is 5.92 Å². The minimum atomic E-state index is -0.635. The Bertz CT molecular complexity index is 269. The Balaban J connectivity index is 0.00000361. The van der Waals surface area contributed by atoms with Gasteiger partial charge in [-0.15, -0.1) is 12.4 Å². The van der Waals surface area contributed by atoms with Crippen molar-refractivity contribution in [3.05, 3.63) is 0 Å². The lowest BCUT2D eigenvalue weighted by Crippen LogP contribution is -2.54. The summed E-state index contributed by atoms with van der Waals surface area (Å²) in [6.07, 6.45) is 2.31. The lowest BCUT2D eigenvalue weighted by Gasteiger charge is -2.34. The molecule has 0 aliphatic carbocycles. The van der Waals surface area contributed by atoms with Crippen molar-refractivity contribution in [1.29, 1.82) is 0 Å². The fraction of sp³-hybridized carbons (Fsp3) is 0.929. The Morgan fingerprint density at radius 1 is 1.35 bits per heavy atom. The number of carbonyl (C=O) groups excluding carboxylic acids is 1. The number of methoxy groups -OCH3 is 1. The minimum absolute atomic E-state index is 0. The zero-order chi connectivity index (χ0) is 14.1. The first-order valence-electron chi connectivity index (χ1n) is 7.22. The van der Waals surface area contributed by atoms with Crippen LogP contribution in [0.4, 0.5) is 0 Å². The summed E-state index contributed by atoms with van der Waals surface area (Å²) in [6.45, 7) is 8.04. The van der Waals surface area contributed by atoms with E-state index >= 15 is 0 Å². The number of carbonyl (C=O) groups is 1. The molecule has 0 unspecified atom stereocenters. The van der Waals surface area contributed by atoms with E-state index in [0.29, 0.717) is 19.1 Å². The number of hydrogen-bond acceptors (Lipinski definition) is 4. The van der Waals surface area contributed by atoms with Crippen LogP contribution in [0.2, 0.25) is 0 Å². The van der Waals surface area contributed by atoms with Crippen molar-refractivity contribution >= 4 is 18.3 Å². The molecule has 0 aromatic heterocycles. The Hall–Kier alpha value is -0.360. The van der Waals surface area contributed by atoms with Crippen molar-refractivity contribution in [3.8, 4) is 0 Å². The fourth-order valence-corrected chi connectivity index (χ4v) is 2.21. The summed E-state index contributed by atoms with van der Waals surface area (Å²) < 4.78 is 10.9. The van der Waals surface area contributed by atoms with E-state index in [1.54, 1.807) is 7.11 Å². The molecule has 1 aliphatic heterocycles. The van der Waals surface area contributed by atoms with Crippen molar-refractivity contribution in [3.63, 3.8) is 0 Å². The van der Waals surface area contributed by atoms with Gasteiger partial charge in [-0.05, 0) is 38.3 Å². The Kier molecular flexibility index (Phi) is 10.2. The molecule has 1 saturated heterocycles. The van der Waals surface area contributed by atoms with Crippen molar-refractivity contribution < 1.29 is 14.3 Å². The molecule has 1 amide bonds. The number of hydrogen-bond donors (Lipinski definition) is 2. The van der Waals surface area contributed by atoms with Gasteiger partial charge >= 0.3 is 0 Å². The highest BCUT2D eigenvalue weighted by Crippen LogP contribution is 2.22. The first kappa shape index (κ1) is 19.6. The van der Waals surface area contributed by atoms with Crippen molar-refractivity contribution in [1.82, 2.24) is 10.6 Å². The van der Waals surface area contributed by atoms with E-state index in [1.807, 2.05) is 0 Å². The summed E-state index contributed by atoms with van der Waals surface area (Å²) >= 11 is 0. The zero-order valence-corrected chi connectivity index (χ0v) is 13.7. The smallest absolute Gasteiger partial charge is 0.252 e. The van der Waals surface area contributed by atoms with Crippen LogP contribution in [0.5, 0.6) is 0 Å². The monoisotopic (exact) mass is 308 g/mol. The molecule has 1 fully saturated rings. The summed E-state index contributed by atoms with van der Waals surface area (Å²) in [4.78, 5) is 12.2. The van der Waals surface area contributed by atoms with Gasteiger partial charge < -0.3 is 20.1 Å². The molecule has 20 heavy (non-hydrogen) atoms. The first-order valence-corrected chi connectivity index (χ1v) is 7.22. The van der Waals surface area contributed by atoms with Crippen LogP contribution in [0.1, 0.15) is 33.1 Å². The molecule has 1 rings (SSSR count). The lowest BCUT2D eigenvalue weighted by molar-refractivity contribution is -0.146. The van der Waals surface area contributed by atoms with Crippen LogP contribution in [0.15, 0.2) is 0 Å². The van der Waals surface area contributed by atoms with E-state index < -0.39 is 5.60 Å². The van der Waals surface area contributed by atoms with Gasteiger partial charge in [-0.25, -0.2) is 0 Å². The predicted molar refractivity (Wildman–Crippen MR) is 82.4 cm³/mol. The minimum Gasteiger partial charge on any atom is -0.381 e. The predicted octanol–water partition coefficient (Wildman–Crippen LogP) is 1.36. The second kappa shape index (κ2) is 10.4. The van der Waals surface area contributed by atoms with E-state index in [-0.39, 0.29) is 18.3 Å². The van der Waals surface area contributed by atoms with E-state index in [2.05, 4.69) is 24.5 Å². The molecule has 1 aliphatic rings. The summed E-state index contributed by atoms with van der Waals surface area (Å²) in [5, 5.41) is 6.20. The van der Waals surface area contributed by atoms with Gasteiger partial charge in [0.2, 0.25) is 0 Å². The molecular formula is C14H29ClN2O3. The van der Waals surface area contributed by atoms with E-state index in [1.165, 1.54) is 0 Å². The third-order valence-electron chi connectivity index (χ3n) is 3.42. The van der Waals surface area contributed by atoms with Gasteiger partial charge in [0, 0.05) is 26.9 Å². The van der Waals surface area contributed by atoms with E-state index in [4.69, 9.17) is 9.47 Å². The topological polar surface area (TPSA) is 59.6 Å². The maximum atomic E-state index is 12.2. The average molecular weight is 309 g/mol. The molecule has 0 spiro atoms. The van der Waals surface area contributed by atoms with Gasteiger partial charge in [-0.3, -0.25) is 4.79 Å². The molecule has 5 nitrogen and oxygen atoms in total. The van der Waals surface area contributed by atoms with Crippen LogP contribution >= 0.6 is 12.4 Å². The Morgan fingerprint density at radius 3 is 2.55 bits per heavy atom. The molecule has 0 radical (unpaired) electrons. The largest absolute Gasteiger partial charge is 0.381 e. The molecule has 0 aromatic carbocycles. The van der Waals surface area contributed by atoms with Crippen LogP contribution in [-0.4, -0.2) is 51.5 Å². The molecular weight excluding hydrogens is 280 g/mol. The number of amides is 1. The molecule has 120 valence electrons. The first-order chi connectivity index (χ1) is 9.10. The summed E-state index contributed by atoms with van der Waals surface area (Å²) in [5.74, 6) is 0.571. The second-order valence-electron chi connectivity index (χ2n) is 5.53. The highest BCUT2D eigenvalue weighted by atomic mass is 35.5. The average Bonchev–Trinajstić information content (AvgIpc) is 2.42. The Labute approximate surface area is 128 Å². The maximum absolute atomic E-state index is 12.2. The SMILES string of the molecule is COC1(C(=O)NCCCOCC(C)C)CCNCC1.Cl. The Morgan fingerprint density at radius 2 is 2.00 bits per heavy atom. The van der Waals surface area contributed by atoms with Gasteiger partial charge in [-0.1, -0.05) is 13.8 Å². The van der Waals surface area contributed by atoms with Crippen molar-refractivity contribution in [2.75, 3.05) is 40.0 Å². The molecule has 2 N–H and O–H groups in total. The van der Waals surface area contributed by atoms with Crippen LogP contribution in [0.3, 0.4) is 0 Å². The van der Waals surface area contributed by atoms with Gasteiger partial charge in [0.25, 0.3) is 5.91 Å². The zero-order valence-electron chi connectivity index (χ0n) is 12.9. The summed E-state index contributed by atoms with van der Waals surface area (Å²) in [6, 6.07) is 0. The second-order valence-corrected chi connectivity index (χ2v) is 5.53. The van der Waals surface area contributed by atoms with Gasteiger partial charge in [0.05, 0.1) is 0 Å². The molecule has 0 aromatic rings. The van der Waals surface area contributed by atoms with Gasteiger partial charge in [0.1, 0.15) is 5.60 Å². The number of nitrogens with one attached hydrogen (secondary N) is 2. The van der Waals surface area contributed by atoms with Crippen molar-refractivity contribution in [2.45, 2.75) is 38.7 Å². The maximum Gasteiger partial charge on any atom is 0.252 e. The van der Waals surface area contributed by atoms with Crippen LogP contribution in [0.25, 0.3) is 0 Å². The van der Waals surface area contributed by atoms with Crippen LogP contribution < -0.4 is 10.6 Å². The highest BCUT2D eigenvalue weighted by Gasteiger charge is 2.39. The number of piperidine rings is 1. The molecule has 0 atom stereocenters.